The average molecular weight is 591 g/mol. The first-order valence-corrected chi connectivity index (χ1v) is 17.9. The van der Waals surface area contributed by atoms with Gasteiger partial charge in [-0.05, 0) is 25.7 Å². The number of halogens is 2. The SMILES string of the molecule is C[Si](C)=[Zr+2].Cc1cc2c(C)cc(C(C)C)cc2[cH-]1.Cc1cc2c(C)cc(C(C)C)cc2[cH-]1.[Cl-].[Cl-]. The van der Waals surface area contributed by atoms with Gasteiger partial charge in [0.15, 0.2) is 0 Å². The fraction of sp³-hybridized carbons (Fsp3) is 0.400. The number of fused-ring (bicyclic) bond motifs is 2. The molecule has 0 amide bonds. The van der Waals surface area contributed by atoms with Crippen LogP contribution < -0.4 is 24.8 Å². The van der Waals surface area contributed by atoms with Gasteiger partial charge >= 0.3 is 41.9 Å². The second-order valence-corrected chi connectivity index (χ2v) is 19.4. The van der Waals surface area contributed by atoms with Gasteiger partial charge in [0.1, 0.15) is 0 Å². The molecule has 4 rings (SSSR count). The summed E-state index contributed by atoms with van der Waals surface area (Å²) in [5.41, 5.74) is 8.63. The van der Waals surface area contributed by atoms with Crippen LogP contribution >= 0.6 is 0 Å². The molecule has 0 heterocycles. The summed E-state index contributed by atoms with van der Waals surface area (Å²) in [6, 6.07) is 18.4. The van der Waals surface area contributed by atoms with Gasteiger partial charge in [-0.3, -0.25) is 0 Å². The van der Waals surface area contributed by atoms with E-state index in [1.807, 2.05) is 0 Å². The van der Waals surface area contributed by atoms with Gasteiger partial charge in [-0.2, -0.15) is 12.1 Å². The number of rotatable bonds is 2. The molecule has 0 aliphatic carbocycles. The maximum Gasteiger partial charge on any atom is -0.0306 e. The standard InChI is InChI=1S/2C14H17.C2H6Si.2ClH.Zr/c2*1-9(2)12-7-11(4)14-6-10(3)5-13(14)8-12;1-3-2;;;/h2*5-9H,1-4H3;1-2H3;2*1H;/q2*-1;;;;+2/p-2. The second kappa shape index (κ2) is 14.8. The van der Waals surface area contributed by atoms with Crippen molar-refractivity contribution in [2.45, 2.75) is 80.3 Å². The van der Waals surface area contributed by atoms with E-state index in [2.05, 4.69) is 117 Å². The molecule has 4 heteroatoms. The zero-order chi connectivity index (χ0) is 24.2. The third-order valence-electron chi connectivity index (χ3n) is 5.73. The zero-order valence-electron chi connectivity index (χ0n) is 22.5. The predicted molar refractivity (Wildman–Crippen MR) is 144 cm³/mol. The third kappa shape index (κ3) is 9.42. The van der Waals surface area contributed by atoms with Crippen molar-refractivity contribution in [1.82, 2.24) is 0 Å². The Balaban J connectivity index is 0.000000528. The maximum atomic E-state index is 2.32. The van der Waals surface area contributed by atoms with E-state index in [4.69, 9.17) is 0 Å². The van der Waals surface area contributed by atoms with Crippen LogP contribution in [0.15, 0.2) is 48.5 Å². The van der Waals surface area contributed by atoms with E-state index in [1.54, 1.807) is 23.3 Å². The first kappa shape index (κ1) is 33.3. The van der Waals surface area contributed by atoms with Crippen molar-refractivity contribution in [3.63, 3.8) is 0 Å². The molecule has 0 radical (unpaired) electrons. The summed E-state index contributed by atoms with van der Waals surface area (Å²) in [7, 11) is 0. The molecule has 4 aromatic rings. The summed E-state index contributed by atoms with van der Waals surface area (Å²) >= 11 is 1.74. The van der Waals surface area contributed by atoms with Crippen LogP contribution in [-0.4, -0.2) is 5.43 Å². The minimum atomic E-state index is 0. The number of hydrogen-bond donors (Lipinski definition) is 0. The summed E-state index contributed by atoms with van der Waals surface area (Å²) in [6.45, 7) is 22.3. The molecule has 4 aromatic carbocycles. The van der Waals surface area contributed by atoms with Crippen LogP contribution in [0.5, 0.6) is 0 Å². The predicted octanol–water partition coefficient (Wildman–Crippen LogP) is 3.39. The van der Waals surface area contributed by atoms with Gasteiger partial charge in [0, 0.05) is 0 Å². The summed E-state index contributed by atoms with van der Waals surface area (Å²) in [5, 5.41) is 5.61. The van der Waals surface area contributed by atoms with E-state index < -0.39 is 0 Å². The Morgan fingerprint density at radius 3 is 1.18 bits per heavy atom. The van der Waals surface area contributed by atoms with Crippen LogP contribution in [0.1, 0.15) is 72.9 Å². The van der Waals surface area contributed by atoms with Gasteiger partial charge in [0.05, 0.1) is 0 Å². The normalized spacial score (nSPS) is 10.3. The molecule has 0 N–H and O–H groups in total. The van der Waals surface area contributed by atoms with Crippen LogP contribution in [0, 0.1) is 27.7 Å². The van der Waals surface area contributed by atoms with Crippen LogP contribution in [0.2, 0.25) is 13.1 Å². The van der Waals surface area contributed by atoms with Gasteiger partial charge in [0.25, 0.3) is 0 Å². The van der Waals surface area contributed by atoms with Gasteiger partial charge in [0.2, 0.25) is 0 Å². The Morgan fingerprint density at radius 1 is 0.618 bits per heavy atom. The second-order valence-electron chi connectivity index (χ2n) is 10.1. The average Bonchev–Trinajstić information content (AvgIpc) is 3.23. The largest absolute Gasteiger partial charge is 1.00 e. The van der Waals surface area contributed by atoms with Gasteiger partial charge in [-0.25, -0.2) is 0 Å². The summed E-state index contributed by atoms with van der Waals surface area (Å²) < 4.78 is 0. The van der Waals surface area contributed by atoms with Crippen LogP contribution in [0.4, 0.5) is 0 Å². The Morgan fingerprint density at radius 2 is 0.912 bits per heavy atom. The molecular formula is C30H40Cl2SiZr-2. The molecule has 0 fully saturated rings. The van der Waals surface area contributed by atoms with Crippen LogP contribution in [-0.2, 0) is 23.3 Å². The molecule has 0 nitrogen and oxygen atoms in total. The molecule has 34 heavy (non-hydrogen) atoms. The quantitative estimate of drug-likeness (QED) is 0.248. The number of benzene rings is 2. The van der Waals surface area contributed by atoms with Crippen LogP contribution in [0.25, 0.3) is 21.5 Å². The fourth-order valence-electron chi connectivity index (χ4n) is 4.04. The van der Waals surface area contributed by atoms with Crippen molar-refractivity contribution < 1.29 is 48.1 Å². The smallest absolute Gasteiger partial charge is 0.0306 e. The van der Waals surface area contributed by atoms with Gasteiger partial charge in [-0.1, -0.05) is 75.9 Å². The van der Waals surface area contributed by atoms with E-state index in [9.17, 15) is 0 Å². The number of hydrogen-bond acceptors (Lipinski definition) is 0. The molecular weight excluding hydrogens is 551 g/mol. The van der Waals surface area contributed by atoms with E-state index in [0.717, 1.165) is 0 Å². The molecule has 0 bridgehead atoms. The molecule has 0 spiro atoms. The summed E-state index contributed by atoms with van der Waals surface area (Å²) in [4.78, 5) is 0. The molecule has 0 aliphatic heterocycles. The van der Waals surface area contributed by atoms with Crippen molar-refractivity contribution in [3.8, 4) is 0 Å². The topological polar surface area (TPSA) is 0 Å². The Kier molecular flexibility index (Phi) is 14.5. The van der Waals surface area contributed by atoms with E-state index in [1.165, 1.54) is 54.9 Å². The molecule has 0 aliphatic rings. The minimum Gasteiger partial charge on any atom is -1.00 e. The Labute approximate surface area is 235 Å². The first-order chi connectivity index (χ1) is 14.9. The van der Waals surface area contributed by atoms with E-state index in [0.29, 0.717) is 11.8 Å². The summed E-state index contributed by atoms with van der Waals surface area (Å²) in [6.07, 6.45) is 0. The molecule has 184 valence electrons. The van der Waals surface area contributed by atoms with E-state index >= 15 is 0 Å². The Hall–Kier alpha value is -0.660. The molecule has 0 atom stereocenters. The van der Waals surface area contributed by atoms with E-state index in [-0.39, 0.29) is 30.2 Å². The molecule has 0 saturated heterocycles. The van der Waals surface area contributed by atoms with Gasteiger partial charge in [-0.15, -0.1) is 56.9 Å². The van der Waals surface area contributed by atoms with Crippen molar-refractivity contribution in [3.05, 3.63) is 81.9 Å². The third-order valence-corrected chi connectivity index (χ3v) is 5.73. The summed E-state index contributed by atoms with van der Waals surface area (Å²) in [5.74, 6) is 1.24. The van der Waals surface area contributed by atoms with Crippen molar-refractivity contribution in [2.24, 2.45) is 0 Å². The zero-order valence-corrected chi connectivity index (χ0v) is 27.5. The Bertz CT molecular complexity index is 1120. The fourth-order valence-corrected chi connectivity index (χ4v) is 4.04. The monoisotopic (exact) mass is 588 g/mol. The van der Waals surface area contributed by atoms with Crippen LogP contribution in [0.3, 0.4) is 0 Å². The molecule has 0 saturated carbocycles. The maximum absolute atomic E-state index is 2.32. The first-order valence-electron chi connectivity index (χ1n) is 11.8. The van der Waals surface area contributed by atoms with Crippen molar-refractivity contribution in [1.29, 1.82) is 0 Å². The molecule has 0 unspecified atom stereocenters. The molecule has 0 aromatic heterocycles. The number of aryl methyl sites for hydroxylation is 4. The van der Waals surface area contributed by atoms with Crippen molar-refractivity contribution >= 4 is 27.0 Å². The minimum absolute atomic E-state index is 0. The van der Waals surface area contributed by atoms with Crippen molar-refractivity contribution in [2.75, 3.05) is 0 Å². The van der Waals surface area contributed by atoms with Gasteiger partial charge < -0.3 is 24.8 Å².